The molecule has 0 aliphatic carbocycles. The first-order valence-corrected chi connectivity index (χ1v) is 7.39. The molecule has 0 saturated carbocycles. The second-order valence-corrected chi connectivity index (χ2v) is 5.39. The smallest absolute Gasteiger partial charge is 0.291 e. The molecule has 1 aromatic carbocycles. The summed E-state index contributed by atoms with van der Waals surface area (Å²) in [6.07, 6.45) is 0. The monoisotopic (exact) mass is 331 g/mol. The van der Waals surface area contributed by atoms with E-state index in [0.29, 0.717) is 5.76 Å². The van der Waals surface area contributed by atoms with Crippen LogP contribution < -0.4 is 10.9 Å². The molecule has 0 bridgehead atoms. The van der Waals surface area contributed by atoms with E-state index in [1.807, 2.05) is 17.5 Å². The lowest BCUT2D eigenvalue weighted by Gasteiger charge is -2.06. The summed E-state index contributed by atoms with van der Waals surface area (Å²) in [5.41, 5.74) is 4.11. The normalized spacial score (nSPS) is 10.3. The van der Waals surface area contributed by atoms with Crippen molar-refractivity contribution < 1.29 is 18.5 Å². The molecule has 2 aromatic heterocycles. The van der Waals surface area contributed by atoms with Gasteiger partial charge >= 0.3 is 0 Å². The van der Waals surface area contributed by atoms with Crippen molar-refractivity contribution in [1.29, 1.82) is 0 Å². The predicted octanol–water partition coefficient (Wildman–Crippen LogP) is 2.62. The number of benzene rings is 1. The van der Waals surface area contributed by atoms with E-state index in [9.17, 15) is 14.0 Å². The number of halogens is 1. The number of amides is 2. The van der Waals surface area contributed by atoms with Crippen LogP contribution in [0, 0.1) is 5.82 Å². The largest absolute Gasteiger partial charge is 0.355 e. The number of nitrogens with zero attached hydrogens (tertiary/aromatic N) is 1. The summed E-state index contributed by atoms with van der Waals surface area (Å²) in [5.74, 6) is -1.66. The molecule has 116 valence electrons. The van der Waals surface area contributed by atoms with Crippen LogP contribution in [0.15, 0.2) is 52.4 Å². The van der Waals surface area contributed by atoms with Crippen LogP contribution in [0.4, 0.5) is 4.39 Å². The summed E-state index contributed by atoms with van der Waals surface area (Å²) < 4.78 is 18.5. The van der Waals surface area contributed by atoms with Gasteiger partial charge in [0, 0.05) is 6.07 Å². The highest BCUT2D eigenvalue weighted by Crippen LogP contribution is 2.24. The molecule has 2 amide bonds. The molecule has 3 rings (SSSR count). The van der Waals surface area contributed by atoms with Crippen LogP contribution in [0.1, 0.15) is 20.8 Å². The van der Waals surface area contributed by atoms with E-state index in [2.05, 4.69) is 16.0 Å². The molecule has 0 unspecified atom stereocenters. The fourth-order valence-electron chi connectivity index (χ4n) is 1.81. The topological polar surface area (TPSA) is 84.2 Å². The van der Waals surface area contributed by atoms with Crippen molar-refractivity contribution in [3.63, 3.8) is 0 Å². The molecular weight excluding hydrogens is 321 g/mol. The van der Waals surface area contributed by atoms with Gasteiger partial charge in [-0.2, -0.15) is 0 Å². The van der Waals surface area contributed by atoms with Crippen molar-refractivity contribution >= 4 is 23.2 Å². The molecule has 0 radical (unpaired) electrons. The van der Waals surface area contributed by atoms with E-state index >= 15 is 0 Å². The van der Waals surface area contributed by atoms with Gasteiger partial charge in [0.15, 0.2) is 11.5 Å². The highest BCUT2D eigenvalue weighted by Gasteiger charge is 2.16. The predicted molar refractivity (Wildman–Crippen MR) is 81.1 cm³/mol. The quantitative estimate of drug-likeness (QED) is 0.723. The van der Waals surface area contributed by atoms with Crippen LogP contribution in [0.5, 0.6) is 0 Å². The molecule has 0 spiro atoms. The van der Waals surface area contributed by atoms with Crippen LogP contribution in [0.2, 0.25) is 0 Å². The van der Waals surface area contributed by atoms with E-state index in [4.69, 9.17) is 4.52 Å². The summed E-state index contributed by atoms with van der Waals surface area (Å²) in [5, 5.41) is 5.50. The lowest BCUT2D eigenvalue weighted by atomic mass is 10.2. The third-order valence-electron chi connectivity index (χ3n) is 2.91. The van der Waals surface area contributed by atoms with Gasteiger partial charge in [-0.1, -0.05) is 23.4 Å². The number of carbonyl (C=O) groups is 2. The Kier molecular flexibility index (Phi) is 4.15. The lowest BCUT2D eigenvalue weighted by molar-refractivity contribution is 0.0839. The fraction of sp³-hybridized carbons (Fsp3) is 0. The minimum Gasteiger partial charge on any atom is -0.355 e. The zero-order valence-electron chi connectivity index (χ0n) is 11.6. The summed E-state index contributed by atoms with van der Waals surface area (Å²) >= 11 is 1.44. The number of aromatic nitrogens is 1. The molecule has 0 aliphatic rings. The van der Waals surface area contributed by atoms with E-state index in [0.717, 1.165) is 10.9 Å². The first-order valence-electron chi connectivity index (χ1n) is 6.51. The van der Waals surface area contributed by atoms with E-state index in [1.54, 1.807) is 0 Å². The van der Waals surface area contributed by atoms with Crippen molar-refractivity contribution in [1.82, 2.24) is 16.0 Å². The Morgan fingerprint density at radius 2 is 1.87 bits per heavy atom. The second kappa shape index (κ2) is 6.41. The molecule has 0 saturated heterocycles. The average Bonchev–Trinajstić information content (AvgIpc) is 3.23. The first kappa shape index (κ1) is 14.9. The summed E-state index contributed by atoms with van der Waals surface area (Å²) in [7, 11) is 0. The zero-order valence-corrected chi connectivity index (χ0v) is 12.4. The number of carbonyl (C=O) groups excluding carboxylic acids is 2. The van der Waals surface area contributed by atoms with Gasteiger partial charge in [-0.3, -0.25) is 20.4 Å². The summed E-state index contributed by atoms with van der Waals surface area (Å²) in [6, 6.07) is 10.6. The highest BCUT2D eigenvalue weighted by molar-refractivity contribution is 7.13. The molecule has 3 aromatic rings. The molecule has 0 aliphatic heterocycles. The van der Waals surface area contributed by atoms with Gasteiger partial charge in [0.1, 0.15) is 5.82 Å². The van der Waals surface area contributed by atoms with Gasteiger partial charge in [0.2, 0.25) is 0 Å². The van der Waals surface area contributed by atoms with Crippen molar-refractivity contribution in [2.45, 2.75) is 0 Å². The second-order valence-electron chi connectivity index (χ2n) is 4.44. The van der Waals surface area contributed by atoms with Crippen LogP contribution in [0.3, 0.4) is 0 Å². The maximum atomic E-state index is 13.4. The van der Waals surface area contributed by atoms with Crippen molar-refractivity contribution in [2.24, 2.45) is 0 Å². The molecule has 2 N–H and O–H groups in total. The van der Waals surface area contributed by atoms with Gasteiger partial charge < -0.3 is 4.52 Å². The lowest BCUT2D eigenvalue weighted by Crippen LogP contribution is -2.42. The molecule has 8 heteroatoms. The Morgan fingerprint density at radius 3 is 2.61 bits per heavy atom. The number of rotatable bonds is 3. The van der Waals surface area contributed by atoms with Crippen molar-refractivity contribution in [3.8, 4) is 10.6 Å². The average molecular weight is 331 g/mol. The number of hydrogen-bond donors (Lipinski definition) is 2. The number of hydrogen-bond acceptors (Lipinski definition) is 5. The van der Waals surface area contributed by atoms with Crippen molar-refractivity contribution in [3.05, 3.63) is 64.9 Å². The molecule has 0 atom stereocenters. The third-order valence-corrected chi connectivity index (χ3v) is 3.80. The van der Waals surface area contributed by atoms with Gasteiger partial charge in [-0.15, -0.1) is 11.3 Å². The van der Waals surface area contributed by atoms with Crippen LogP contribution >= 0.6 is 11.3 Å². The number of nitrogens with one attached hydrogen (secondary N) is 2. The molecule has 2 heterocycles. The Morgan fingerprint density at radius 1 is 1.09 bits per heavy atom. The van der Waals surface area contributed by atoms with E-state index in [-0.39, 0.29) is 11.3 Å². The van der Waals surface area contributed by atoms with Gasteiger partial charge in [0.25, 0.3) is 11.8 Å². The van der Waals surface area contributed by atoms with Crippen LogP contribution in [-0.4, -0.2) is 17.0 Å². The number of thiophene rings is 1. The Hall–Kier alpha value is -3.00. The van der Waals surface area contributed by atoms with Crippen molar-refractivity contribution in [2.75, 3.05) is 0 Å². The Labute approximate surface area is 133 Å². The van der Waals surface area contributed by atoms with E-state index in [1.165, 1.54) is 35.6 Å². The van der Waals surface area contributed by atoms with E-state index < -0.39 is 17.6 Å². The first-order chi connectivity index (χ1) is 11.1. The Balaban J connectivity index is 1.64. The highest BCUT2D eigenvalue weighted by atomic mass is 32.1. The zero-order chi connectivity index (χ0) is 16.2. The molecule has 0 fully saturated rings. The fourth-order valence-corrected chi connectivity index (χ4v) is 2.48. The molecule has 6 nitrogen and oxygen atoms in total. The Bertz CT molecular complexity index is 845. The van der Waals surface area contributed by atoms with Crippen LogP contribution in [0.25, 0.3) is 10.6 Å². The van der Waals surface area contributed by atoms with Gasteiger partial charge in [-0.05, 0) is 23.6 Å². The molecular formula is C15H10FN3O3S. The SMILES string of the molecule is O=C(NNC(=O)c1ccccc1F)c1cc(-c2cccs2)on1. The van der Waals surface area contributed by atoms with Gasteiger partial charge in [-0.25, -0.2) is 4.39 Å². The standard InChI is InChI=1S/C15H10FN3O3S/c16-10-5-2-1-4-9(10)14(20)17-18-15(21)11-8-12(22-19-11)13-6-3-7-23-13/h1-8H,(H,17,20)(H,18,21). The molecule has 23 heavy (non-hydrogen) atoms. The minimum atomic E-state index is -0.765. The van der Waals surface area contributed by atoms with Crippen LogP contribution in [-0.2, 0) is 0 Å². The summed E-state index contributed by atoms with van der Waals surface area (Å²) in [4.78, 5) is 24.5. The number of hydrazine groups is 1. The summed E-state index contributed by atoms with van der Waals surface area (Å²) in [6.45, 7) is 0. The minimum absolute atomic E-state index is 0.00207. The maximum Gasteiger partial charge on any atom is 0.291 e. The maximum absolute atomic E-state index is 13.4. The van der Waals surface area contributed by atoms with Gasteiger partial charge in [0.05, 0.1) is 10.4 Å². The third kappa shape index (κ3) is 3.27.